The van der Waals surface area contributed by atoms with Gasteiger partial charge in [0.1, 0.15) is 0 Å². The fourth-order valence-corrected chi connectivity index (χ4v) is 2.47. The van der Waals surface area contributed by atoms with E-state index in [0.29, 0.717) is 12.5 Å². The Morgan fingerprint density at radius 3 is 3.00 bits per heavy atom. The third-order valence-corrected chi connectivity index (χ3v) is 3.78. The van der Waals surface area contributed by atoms with Crippen LogP contribution in [0, 0.1) is 12.8 Å². The maximum absolute atomic E-state index is 6.00. The normalized spacial score (nSPS) is 29.0. The Labute approximate surface area is 103 Å². The quantitative estimate of drug-likeness (QED) is 0.842. The van der Waals surface area contributed by atoms with Gasteiger partial charge in [-0.3, -0.25) is 0 Å². The first-order chi connectivity index (χ1) is 8.16. The number of rotatable bonds is 3. The van der Waals surface area contributed by atoms with E-state index in [2.05, 4.69) is 43.4 Å². The highest BCUT2D eigenvalue weighted by Crippen LogP contribution is 2.30. The summed E-state index contributed by atoms with van der Waals surface area (Å²) in [5, 5.41) is 3.63. The Balaban J connectivity index is 2.18. The minimum Gasteiger partial charge on any atom is -0.381 e. The molecule has 3 N–H and O–H groups in total. The van der Waals surface area contributed by atoms with Crippen molar-refractivity contribution in [2.75, 3.05) is 25.1 Å². The van der Waals surface area contributed by atoms with Crippen LogP contribution >= 0.6 is 0 Å². The van der Waals surface area contributed by atoms with E-state index in [-0.39, 0.29) is 5.54 Å². The van der Waals surface area contributed by atoms with Crippen molar-refractivity contribution in [2.24, 2.45) is 11.7 Å². The molecule has 1 fully saturated rings. The molecule has 0 spiro atoms. The summed E-state index contributed by atoms with van der Waals surface area (Å²) in [5.74, 6) is 0.432. The van der Waals surface area contributed by atoms with Crippen molar-refractivity contribution >= 4 is 5.69 Å². The number of aryl methyl sites for hydroxylation is 1. The van der Waals surface area contributed by atoms with Crippen LogP contribution in [0.5, 0.6) is 0 Å². The molecular formula is C14H22N2O. The first kappa shape index (κ1) is 12.4. The fraction of sp³-hybridized carbons (Fsp3) is 0.571. The second-order valence-corrected chi connectivity index (χ2v) is 5.08. The predicted molar refractivity (Wildman–Crippen MR) is 71.2 cm³/mol. The van der Waals surface area contributed by atoms with E-state index in [0.717, 1.165) is 25.3 Å². The van der Waals surface area contributed by atoms with Gasteiger partial charge in [-0.05, 0) is 31.0 Å². The van der Waals surface area contributed by atoms with Crippen LogP contribution in [-0.2, 0) is 4.74 Å². The fourth-order valence-electron chi connectivity index (χ4n) is 2.47. The Hall–Kier alpha value is -1.06. The summed E-state index contributed by atoms with van der Waals surface area (Å²) in [6.45, 7) is 6.53. The van der Waals surface area contributed by atoms with Gasteiger partial charge in [-0.15, -0.1) is 0 Å². The van der Waals surface area contributed by atoms with Crippen molar-refractivity contribution in [3.63, 3.8) is 0 Å². The molecule has 0 amide bonds. The molecule has 1 heterocycles. The monoisotopic (exact) mass is 234 g/mol. The lowest BCUT2D eigenvalue weighted by Crippen LogP contribution is -2.55. The summed E-state index contributed by atoms with van der Waals surface area (Å²) in [6, 6.07) is 8.45. The molecule has 1 aliphatic rings. The molecule has 1 aromatic carbocycles. The number of nitrogens with one attached hydrogen (secondary N) is 1. The molecule has 0 radical (unpaired) electrons. The largest absolute Gasteiger partial charge is 0.381 e. The third-order valence-electron chi connectivity index (χ3n) is 3.78. The Bertz CT molecular complexity index is 380. The highest BCUT2D eigenvalue weighted by molar-refractivity contribution is 5.48. The summed E-state index contributed by atoms with van der Waals surface area (Å²) >= 11 is 0. The van der Waals surface area contributed by atoms with Crippen LogP contribution in [0.4, 0.5) is 5.69 Å². The number of anilines is 1. The van der Waals surface area contributed by atoms with Crippen molar-refractivity contribution in [1.29, 1.82) is 0 Å². The van der Waals surface area contributed by atoms with E-state index < -0.39 is 0 Å². The van der Waals surface area contributed by atoms with Crippen molar-refractivity contribution in [1.82, 2.24) is 0 Å². The van der Waals surface area contributed by atoms with E-state index in [9.17, 15) is 0 Å². The van der Waals surface area contributed by atoms with E-state index in [4.69, 9.17) is 10.5 Å². The number of ether oxygens (including phenoxy) is 1. The summed E-state index contributed by atoms with van der Waals surface area (Å²) < 4.78 is 5.50. The van der Waals surface area contributed by atoms with Gasteiger partial charge in [0.2, 0.25) is 0 Å². The van der Waals surface area contributed by atoms with Gasteiger partial charge >= 0.3 is 0 Å². The minimum absolute atomic E-state index is 0.0218. The molecule has 0 aliphatic carbocycles. The highest BCUT2D eigenvalue weighted by Gasteiger charge is 2.37. The summed E-state index contributed by atoms with van der Waals surface area (Å²) in [5.41, 5.74) is 8.40. The molecule has 2 rings (SSSR count). The number of nitrogens with two attached hydrogens (primary N) is 1. The molecule has 0 saturated carbocycles. The van der Waals surface area contributed by atoms with Crippen molar-refractivity contribution in [3.05, 3.63) is 29.8 Å². The van der Waals surface area contributed by atoms with Gasteiger partial charge in [-0.25, -0.2) is 0 Å². The standard InChI is InChI=1S/C14H22N2O/c1-11-4-3-5-13(8-11)16-14(10-15)6-7-17-9-12(14)2/h3-5,8,12,16H,6-7,9-10,15H2,1-2H3. The van der Waals surface area contributed by atoms with Gasteiger partial charge in [0.15, 0.2) is 0 Å². The van der Waals surface area contributed by atoms with E-state index in [1.165, 1.54) is 5.56 Å². The topological polar surface area (TPSA) is 47.3 Å². The molecule has 1 saturated heterocycles. The van der Waals surface area contributed by atoms with Crippen LogP contribution in [0.3, 0.4) is 0 Å². The Kier molecular flexibility index (Phi) is 3.69. The number of hydrogen-bond acceptors (Lipinski definition) is 3. The van der Waals surface area contributed by atoms with Gasteiger partial charge in [0, 0.05) is 24.8 Å². The molecular weight excluding hydrogens is 212 g/mol. The molecule has 3 heteroatoms. The lowest BCUT2D eigenvalue weighted by molar-refractivity contribution is 0.0205. The average Bonchev–Trinajstić information content (AvgIpc) is 2.32. The summed E-state index contributed by atoms with van der Waals surface area (Å²) in [6.07, 6.45) is 0.971. The van der Waals surface area contributed by atoms with Crippen LogP contribution in [0.1, 0.15) is 18.9 Å². The zero-order chi connectivity index (χ0) is 12.3. The predicted octanol–water partition coefficient (Wildman–Crippen LogP) is 2.16. The average molecular weight is 234 g/mol. The van der Waals surface area contributed by atoms with Crippen molar-refractivity contribution in [2.45, 2.75) is 25.8 Å². The lowest BCUT2D eigenvalue weighted by Gasteiger charge is -2.43. The summed E-state index contributed by atoms with van der Waals surface area (Å²) in [4.78, 5) is 0. The molecule has 2 atom stereocenters. The SMILES string of the molecule is Cc1cccc(NC2(CN)CCOCC2C)c1. The third kappa shape index (κ3) is 2.61. The van der Waals surface area contributed by atoms with Gasteiger partial charge in [0.25, 0.3) is 0 Å². The first-order valence-electron chi connectivity index (χ1n) is 6.29. The van der Waals surface area contributed by atoms with E-state index in [1.54, 1.807) is 0 Å². The first-order valence-corrected chi connectivity index (χ1v) is 6.29. The molecule has 94 valence electrons. The number of hydrogen-bond donors (Lipinski definition) is 2. The van der Waals surface area contributed by atoms with Crippen LogP contribution in [0.2, 0.25) is 0 Å². The lowest BCUT2D eigenvalue weighted by atomic mass is 9.81. The van der Waals surface area contributed by atoms with Crippen molar-refractivity contribution in [3.8, 4) is 0 Å². The van der Waals surface area contributed by atoms with Crippen molar-refractivity contribution < 1.29 is 4.74 Å². The minimum atomic E-state index is -0.0218. The Morgan fingerprint density at radius 2 is 2.35 bits per heavy atom. The smallest absolute Gasteiger partial charge is 0.0564 e. The molecule has 0 aromatic heterocycles. The van der Waals surface area contributed by atoms with Gasteiger partial charge < -0.3 is 15.8 Å². The van der Waals surface area contributed by atoms with Gasteiger partial charge in [-0.1, -0.05) is 19.1 Å². The maximum Gasteiger partial charge on any atom is 0.0564 e. The molecule has 17 heavy (non-hydrogen) atoms. The van der Waals surface area contributed by atoms with Crippen LogP contribution < -0.4 is 11.1 Å². The van der Waals surface area contributed by atoms with E-state index in [1.807, 2.05) is 0 Å². The zero-order valence-electron chi connectivity index (χ0n) is 10.7. The summed E-state index contributed by atoms with van der Waals surface area (Å²) in [7, 11) is 0. The Morgan fingerprint density at radius 1 is 1.53 bits per heavy atom. The number of benzene rings is 1. The highest BCUT2D eigenvalue weighted by atomic mass is 16.5. The molecule has 1 aromatic rings. The van der Waals surface area contributed by atoms with Crippen LogP contribution in [0.25, 0.3) is 0 Å². The second-order valence-electron chi connectivity index (χ2n) is 5.08. The van der Waals surface area contributed by atoms with E-state index >= 15 is 0 Å². The molecule has 0 bridgehead atoms. The zero-order valence-corrected chi connectivity index (χ0v) is 10.7. The van der Waals surface area contributed by atoms with Gasteiger partial charge in [0.05, 0.1) is 12.1 Å². The maximum atomic E-state index is 6.00. The van der Waals surface area contributed by atoms with Crippen LogP contribution in [0.15, 0.2) is 24.3 Å². The second kappa shape index (κ2) is 5.07. The molecule has 2 unspecified atom stereocenters. The molecule has 3 nitrogen and oxygen atoms in total. The van der Waals surface area contributed by atoms with Gasteiger partial charge in [-0.2, -0.15) is 0 Å². The van der Waals surface area contributed by atoms with Crippen LogP contribution in [-0.4, -0.2) is 25.3 Å². The molecule has 1 aliphatic heterocycles.